The van der Waals surface area contributed by atoms with Crippen LogP contribution in [0.2, 0.25) is 0 Å². The Labute approximate surface area is 177 Å². The summed E-state index contributed by atoms with van der Waals surface area (Å²) in [6, 6.07) is 2.58. The molecule has 7 heteroatoms. The van der Waals surface area contributed by atoms with Crippen molar-refractivity contribution in [3.05, 3.63) is 11.4 Å². The van der Waals surface area contributed by atoms with E-state index in [1.807, 2.05) is 11.7 Å². The molecule has 1 saturated heterocycles. The number of fused-ring (bicyclic) bond motifs is 1. The Morgan fingerprint density at radius 3 is 2.72 bits per heavy atom. The van der Waals surface area contributed by atoms with E-state index in [1.165, 1.54) is 23.1 Å². The highest BCUT2D eigenvalue weighted by molar-refractivity contribution is 7.17. The van der Waals surface area contributed by atoms with Crippen LogP contribution < -0.4 is 10.2 Å². The zero-order valence-electron chi connectivity index (χ0n) is 17.6. The summed E-state index contributed by atoms with van der Waals surface area (Å²) in [6.07, 6.45) is 5.93. The van der Waals surface area contributed by atoms with Gasteiger partial charge in [0, 0.05) is 51.7 Å². The molecule has 5 rings (SSSR count). The van der Waals surface area contributed by atoms with Gasteiger partial charge in [-0.05, 0) is 55.4 Å². The quantitative estimate of drug-likeness (QED) is 0.815. The van der Waals surface area contributed by atoms with Crippen molar-refractivity contribution in [3.8, 4) is 0 Å². The number of rotatable bonds is 5. The van der Waals surface area contributed by atoms with E-state index in [0.29, 0.717) is 17.9 Å². The van der Waals surface area contributed by atoms with Gasteiger partial charge in [0.05, 0.1) is 10.2 Å². The lowest BCUT2D eigenvalue weighted by molar-refractivity contribution is -0.123. The Bertz CT molecular complexity index is 860. The predicted molar refractivity (Wildman–Crippen MR) is 118 cm³/mol. The first-order chi connectivity index (χ1) is 14.1. The Hall–Kier alpha value is -1.60. The largest absolute Gasteiger partial charge is 0.353 e. The molecule has 158 valence electrons. The maximum absolute atomic E-state index is 12.6. The summed E-state index contributed by atoms with van der Waals surface area (Å²) >= 11 is 1.78. The molecular weight excluding hydrogens is 382 g/mol. The first-order valence-electron chi connectivity index (χ1n) is 11.3. The molecule has 0 radical (unpaired) electrons. The molecule has 0 spiro atoms. The highest BCUT2D eigenvalue weighted by atomic mass is 32.1. The minimum Gasteiger partial charge on any atom is -0.353 e. The molecule has 1 aliphatic heterocycles. The Kier molecular flexibility index (Phi) is 5.28. The van der Waals surface area contributed by atoms with E-state index in [2.05, 4.69) is 33.5 Å². The molecule has 29 heavy (non-hydrogen) atoms. The number of nitrogens with one attached hydrogen (secondary N) is 1. The van der Waals surface area contributed by atoms with Crippen LogP contribution in [0.15, 0.2) is 11.4 Å². The van der Waals surface area contributed by atoms with Crippen molar-refractivity contribution in [1.82, 2.24) is 20.0 Å². The van der Waals surface area contributed by atoms with Crippen LogP contribution in [0.4, 0.5) is 5.82 Å². The number of hydrogen-bond acceptors (Lipinski definition) is 5. The Morgan fingerprint density at radius 1 is 1.21 bits per heavy atom. The average Bonchev–Trinajstić information content (AvgIpc) is 3.18. The van der Waals surface area contributed by atoms with E-state index in [-0.39, 0.29) is 5.92 Å². The number of hydrogen-bond donors (Lipinski definition) is 1. The van der Waals surface area contributed by atoms with Crippen molar-refractivity contribution in [1.29, 1.82) is 0 Å². The standard InChI is InChI=1S/C22H33N5OS/c1-15-3-5-17(6-4-15)23-22(28)18-13-16(18)14-26-8-10-27(11-9-26)21-20-19(7-12-29-20)25(2)24-21/h7,12,15-18H,3-6,8-11,13-14H2,1-2H3,(H,23,28)/t15-,16-,17-,18+/m0/s1. The Balaban J connectivity index is 1.08. The lowest BCUT2D eigenvalue weighted by atomic mass is 9.87. The van der Waals surface area contributed by atoms with Gasteiger partial charge in [-0.2, -0.15) is 5.10 Å². The Morgan fingerprint density at radius 2 is 1.97 bits per heavy atom. The number of nitrogens with zero attached hydrogens (tertiary/aromatic N) is 4. The van der Waals surface area contributed by atoms with Gasteiger partial charge < -0.3 is 10.2 Å². The van der Waals surface area contributed by atoms with Crippen LogP contribution in [-0.4, -0.2) is 59.4 Å². The third kappa shape index (κ3) is 4.04. The van der Waals surface area contributed by atoms with Crippen molar-refractivity contribution in [3.63, 3.8) is 0 Å². The van der Waals surface area contributed by atoms with Gasteiger partial charge in [-0.3, -0.25) is 14.4 Å². The lowest BCUT2D eigenvalue weighted by Gasteiger charge is -2.35. The van der Waals surface area contributed by atoms with Crippen molar-refractivity contribution in [2.45, 2.75) is 45.1 Å². The molecule has 2 aromatic rings. The van der Waals surface area contributed by atoms with Crippen LogP contribution in [0.25, 0.3) is 10.2 Å². The summed E-state index contributed by atoms with van der Waals surface area (Å²) in [6.45, 7) is 7.57. The number of aromatic nitrogens is 2. The van der Waals surface area contributed by atoms with Crippen molar-refractivity contribution < 1.29 is 4.79 Å². The normalized spacial score (nSPS) is 30.6. The second-order valence-corrected chi connectivity index (χ2v) is 10.4. The second-order valence-electron chi connectivity index (χ2n) is 9.44. The van der Waals surface area contributed by atoms with Crippen molar-refractivity contribution in [2.24, 2.45) is 24.8 Å². The summed E-state index contributed by atoms with van der Waals surface area (Å²) < 4.78 is 3.30. The van der Waals surface area contributed by atoms with Gasteiger partial charge in [-0.1, -0.05) is 6.92 Å². The van der Waals surface area contributed by atoms with Gasteiger partial charge >= 0.3 is 0 Å². The van der Waals surface area contributed by atoms with Crippen molar-refractivity contribution in [2.75, 3.05) is 37.6 Å². The van der Waals surface area contributed by atoms with Crippen LogP contribution in [0.5, 0.6) is 0 Å². The molecule has 0 bridgehead atoms. The molecule has 2 atom stereocenters. The van der Waals surface area contributed by atoms with Crippen LogP contribution in [-0.2, 0) is 11.8 Å². The fourth-order valence-electron chi connectivity index (χ4n) is 5.13. The third-order valence-corrected chi connectivity index (χ3v) is 8.13. The molecule has 0 unspecified atom stereocenters. The molecule has 3 heterocycles. The minimum atomic E-state index is 0.258. The number of aryl methyl sites for hydroxylation is 1. The fourth-order valence-corrected chi connectivity index (χ4v) is 6.06. The predicted octanol–water partition coefficient (Wildman–Crippen LogP) is 3.09. The van der Waals surface area contributed by atoms with Gasteiger partial charge in [-0.25, -0.2) is 0 Å². The number of thiophene rings is 1. The van der Waals surface area contributed by atoms with Crippen LogP contribution >= 0.6 is 11.3 Å². The molecule has 0 aromatic carbocycles. The summed E-state index contributed by atoms with van der Waals surface area (Å²) in [7, 11) is 2.03. The summed E-state index contributed by atoms with van der Waals surface area (Å²) in [4.78, 5) is 17.6. The number of piperazine rings is 1. The zero-order valence-corrected chi connectivity index (χ0v) is 18.5. The molecule has 2 aliphatic carbocycles. The van der Waals surface area contributed by atoms with Crippen LogP contribution in [0.1, 0.15) is 39.0 Å². The topological polar surface area (TPSA) is 53.4 Å². The molecule has 6 nitrogen and oxygen atoms in total. The zero-order chi connectivity index (χ0) is 20.0. The van der Waals surface area contributed by atoms with E-state index >= 15 is 0 Å². The summed E-state index contributed by atoms with van der Waals surface area (Å²) in [5.74, 6) is 3.11. The van der Waals surface area contributed by atoms with Crippen LogP contribution in [0, 0.1) is 17.8 Å². The smallest absolute Gasteiger partial charge is 0.223 e. The van der Waals surface area contributed by atoms with Crippen LogP contribution in [0.3, 0.4) is 0 Å². The van der Waals surface area contributed by atoms with E-state index in [0.717, 1.165) is 63.7 Å². The van der Waals surface area contributed by atoms with E-state index in [1.54, 1.807) is 11.3 Å². The lowest BCUT2D eigenvalue weighted by Crippen LogP contribution is -2.47. The van der Waals surface area contributed by atoms with E-state index < -0.39 is 0 Å². The molecule has 3 fully saturated rings. The van der Waals surface area contributed by atoms with Gasteiger partial charge in [0.15, 0.2) is 5.82 Å². The number of carbonyl (C=O) groups excluding carboxylic acids is 1. The first kappa shape index (κ1) is 19.4. The molecule has 1 N–H and O–H groups in total. The van der Waals surface area contributed by atoms with Gasteiger partial charge in [0.25, 0.3) is 0 Å². The highest BCUT2D eigenvalue weighted by Crippen LogP contribution is 2.40. The second kappa shape index (κ2) is 7.91. The molecule has 3 aliphatic rings. The van der Waals surface area contributed by atoms with E-state index in [4.69, 9.17) is 5.10 Å². The molecule has 2 aromatic heterocycles. The summed E-state index contributed by atoms with van der Waals surface area (Å²) in [5, 5.41) is 10.2. The highest BCUT2D eigenvalue weighted by Gasteiger charge is 2.44. The van der Waals surface area contributed by atoms with E-state index in [9.17, 15) is 4.79 Å². The monoisotopic (exact) mass is 415 g/mol. The van der Waals surface area contributed by atoms with Gasteiger partial charge in [-0.15, -0.1) is 11.3 Å². The maximum Gasteiger partial charge on any atom is 0.223 e. The minimum absolute atomic E-state index is 0.258. The summed E-state index contributed by atoms with van der Waals surface area (Å²) in [5.41, 5.74) is 1.23. The first-order valence-corrected chi connectivity index (χ1v) is 12.1. The number of anilines is 1. The van der Waals surface area contributed by atoms with Gasteiger partial charge in [0.1, 0.15) is 0 Å². The SMILES string of the molecule is Cn1nc(N2CCN(C[C@@H]3C[C@H]3C(=O)N[C@H]3CC[C@H](C)CC3)CC2)c2sccc21. The molecular formula is C22H33N5OS. The fraction of sp³-hybridized carbons (Fsp3) is 0.727. The number of carbonyl (C=O) groups is 1. The third-order valence-electron chi connectivity index (χ3n) is 7.23. The maximum atomic E-state index is 12.6. The van der Waals surface area contributed by atoms with Crippen molar-refractivity contribution >= 4 is 33.3 Å². The molecule has 2 saturated carbocycles. The molecule has 1 amide bonds. The average molecular weight is 416 g/mol. The number of amides is 1. The van der Waals surface area contributed by atoms with Gasteiger partial charge in [0.2, 0.25) is 5.91 Å².